The maximum atomic E-state index is 11.3. The van der Waals surface area contributed by atoms with E-state index in [1.807, 2.05) is 0 Å². The van der Waals surface area contributed by atoms with E-state index in [1.54, 1.807) is 0 Å². The molecule has 0 aromatic carbocycles. The minimum absolute atomic E-state index is 0.0837. The van der Waals surface area contributed by atoms with Gasteiger partial charge in [0.05, 0.1) is 12.7 Å². The number of rotatable bonds is 6. The molecule has 0 bridgehead atoms. The highest BCUT2D eigenvalue weighted by atomic mass is 16.5. The van der Waals surface area contributed by atoms with E-state index < -0.39 is 0 Å². The Labute approximate surface area is 96.3 Å². The lowest BCUT2D eigenvalue weighted by atomic mass is 9.87. The summed E-state index contributed by atoms with van der Waals surface area (Å²) in [5.74, 6) is 0.418. The number of carbonyl (C=O) groups excluding carboxylic acids is 1. The number of amides is 1. The molecule has 0 aromatic heterocycles. The van der Waals surface area contributed by atoms with Gasteiger partial charge in [-0.15, -0.1) is 0 Å². The van der Waals surface area contributed by atoms with E-state index in [2.05, 4.69) is 5.32 Å². The van der Waals surface area contributed by atoms with Crippen LogP contribution in [0.4, 0.5) is 0 Å². The molecule has 0 aromatic rings. The molecule has 94 valence electrons. The van der Waals surface area contributed by atoms with Gasteiger partial charge in [-0.1, -0.05) is 0 Å². The normalized spacial score (nSPS) is 25.4. The zero-order valence-electron chi connectivity index (χ0n) is 9.65. The van der Waals surface area contributed by atoms with Gasteiger partial charge in [0.1, 0.15) is 6.61 Å². The molecular weight excluding hydrogens is 208 g/mol. The van der Waals surface area contributed by atoms with Gasteiger partial charge in [-0.25, -0.2) is 0 Å². The van der Waals surface area contributed by atoms with E-state index in [0.29, 0.717) is 25.6 Å². The fourth-order valence-corrected chi connectivity index (χ4v) is 1.91. The maximum absolute atomic E-state index is 11.3. The molecule has 0 atom stereocenters. The molecule has 1 saturated carbocycles. The lowest BCUT2D eigenvalue weighted by Crippen LogP contribution is -2.34. The summed E-state index contributed by atoms with van der Waals surface area (Å²) in [6.07, 6.45) is 3.55. The van der Waals surface area contributed by atoms with Crippen molar-refractivity contribution >= 4 is 5.91 Å². The van der Waals surface area contributed by atoms with Gasteiger partial charge < -0.3 is 20.9 Å². The van der Waals surface area contributed by atoms with Gasteiger partial charge in [0.2, 0.25) is 5.91 Å². The van der Waals surface area contributed by atoms with Gasteiger partial charge in [0.15, 0.2) is 0 Å². The summed E-state index contributed by atoms with van der Waals surface area (Å²) in [6, 6.07) is 0. The predicted molar refractivity (Wildman–Crippen MR) is 60.8 cm³/mol. The van der Waals surface area contributed by atoms with Crippen molar-refractivity contribution < 1.29 is 14.6 Å². The Morgan fingerprint density at radius 3 is 2.69 bits per heavy atom. The fraction of sp³-hybridized carbons (Fsp3) is 0.909. The van der Waals surface area contributed by atoms with Crippen molar-refractivity contribution in [2.45, 2.75) is 31.8 Å². The summed E-state index contributed by atoms with van der Waals surface area (Å²) in [4.78, 5) is 11.3. The van der Waals surface area contributed by atoms with Gasteiger partial charge in [-0.05, 0) is 31.6 Å². The van der Waals surface area contributed by atoms with E-state index in [4.69, 9.17) is 10.5 Å². The van der Waals surface area contributed by atoms with Gasteiger partial charge >= 0.3 is 0 Å². The first-order chi connectivity index (χ1) is 7.72. The van der Waals surface area contributed by atoms with Crippen molar-refractivity contribution in [1.29, 1.82) is 0 Å². The Morgan fingerprint density at radius 1 is 1.38 bits per heavy atom. The third-order valence-electron chi connectivity index (χ3n) is 2.90. The minimum atomic E-state index is -0.139. The highest BCUT2D eigenvalue weighted by molar-refractivity contribution is 5.77. The molecule has 0 spiro atoms. The molecule has 0 aliphatic heterocycles. The van der Waals surface area contributed by atoms with Crippen LogP contribution in [0, 0.1) is 5.92 Å². The molecule has 4 N–H and O–H groups in total. The van der Waals surface area contributed by atoms with Crippen molar-refractivity contribution in [3.8, 4) is 0 Å². The standard InChI is InChI=1S/C11H22N2O3/c12-5-6-16-8-11(15)13-7-9-1-3-10(14)4-2-9/h9-10,14H,1-8,12H2,(H,13,15). The largest absolute Gasteiger partial charge is 0.393 e. The molecule has 1 aliphatic rings. The van der Waals surface area contributed by atoms with E-state index >= 15 is 0 Å². The number of hydrogen-bond donors (Lipinski definition) is 3. The van der Waals surface area contributed by atoms with Crippen molar-refractivity contribution in [2.24, 2.45) is 11.7 Å². The zero-order chi connectivity index (χ0) is 11.8. The van der Waals surface area contributed by atoms with E-state index in [0.717, 1.165) is 25.7 Å². The number of nitrogens with one attached hydrogen (secondary N) is 1. The highest BCUT2D eigenvalue weighted by Gasteiger charge is 2.19. The average molecular weight is 230 g/mol. The second-order valence-electron chi connectivity index (χ2n) is 4.32. The first-order valence-electron chi connectivity index (χ1n) is 5.95. The molecule has 1 fully saturated rings. The fourth-order valence-electron chi connectivity index (χ4n) is 1.91. The van der Waals surface area contributed by atoms with E-state index in [-0.39, 0.29) is 18.6 Å². The number of hydrogen-bond acceptors (Lipinski definition) is 4. The molecule has 5 nitrogen and oxygen atoms in total. The second-order valence-corrected chi connectivity index (χ2v) is 4.32. The molecule has 1 amide bonds. The molecular formula is C11H22N2O3. The topological polar surface area (TPSA) is 84.6 Å². The summed E-state index contributed by atoms with van der Waals surface area (Å²) in [5, 5.41) is 12.2. The van der Waals surface area contributed by atoms with E-state index in [9.17, 15) is 9.90 Å². The summed E-state index contributed by atoms with van der Waals surface area (Å²) in [5.41, 5.74) is 5.24. The lowest BCUT2D eigenvalue weighted by Gasteiger charge is -2.25. The summed E-state index contributed by atoms with van der Waals surface area (Å²) < 4.78 is 5.02. The molecule has 0 saturated heterocycles. The van der Waals surface area contributed by atoms with Crippen molar-refractivity contribution in [3.63, 3.8) is 0 Å². The van der Waals surface area contributed by atoms with Crippen LogP contribution in [0.1, 0.15) is 25.7 Å². The van der Waals surface area contributed by atoms with Gasteiger partial charge in [-0.2, -0.15) is 0 Å². The van der Waals surface area contributed by atoms with Crippen LogP contribution < -0.4 is 11.1 Å². The van der Waals surface area contributed by atoms with Crippen molar-refractivity contribution in [2.75, 3.05) is 26.3 Å². The van der Waals surface area contributed by atoms with E-state index in [1.165, 1.54) is 0 Å². The van der Waals surface area contributed by atoms with Gasteiger partial charge in [0.25, 0.3) is 0 Å². The monoisotopic (exact) mass is 230 g/mol. The van der Waals surface area contributed by atoms with Crippen molar-refractivity contribution in [1.82, 2.24) is 5.32 Å². The molecule has 1 aliphatic carbocycles. The maximum Gasteiger partial charge on any atom is 0.246 e. The third-order valence-corrected chi connectivity index (χ3v) is 2.90. The van der Waals surface area contributed by atoms with Crippen LogP contribution in [-0.4, -0.2) is 43.4 Å². The number of aliphatic hydroxyl groups excluding tert-OH is 1. The van der Waals surface area contributed by atoms with Crippen LogP contribution in [0.2, 0.25) is 0 Å². The molecule has 0 unspecified atom stereocenters. The van der Waals surface area contributed by atoms with Gasteiger partial charge in [0, 0.05) is 13.1 Å². The van der Waals surface area contributed by atoms with Crippen LogP contribution in [-0.2, 0) is 9.53 Å². The molecule has 5 heteroatoms. The third kappa shape index (κ3) is 5.44. The summed E-state index contributed by atoms with van der Waals surface area (Å²) in [7, 11) is 0. The van der Waals surface area contributed by atoms with Crippen LogP contribution >= 0.6 is 0 Å². The Bertz CT molecular complexity index is 203. The Hall–Kier alpha value is -0.650. The Morgan fingerprint density at radius 2 is 2.06 bits per heavy atom. The summed E-state index contributed by atoms with van der Waals surface area (Å²) >= 11 is 0. The first kappa shape index (κ1) is 13.4. The van der Waals surface area contributed by atoms with Crippen LogP contribution in [0.25, 0.3) is 0 Å². The Balaban J connectivity index is 2.03. The zero-order valence-corrected chi connectivity index (χ0v) is 9.65. The van der Waals surface area contributed by atoms with Crippen LogP contribution in [0.15, 0.2) is 0 Å². The second kappa shape index (κ2) is 7.60. The number of nitrogens with two attached hydrogens (primary N) is 1. The smallest absolute Gasteiger partial charge is 0.246 e. The van der Waals surface area contributed by atoms with Gasteiger partial charge in [-0.3, -0.25) is 4.79 Å². The molecule has 0 heterocycles. The number of carbonyl (C=O) groups is 1. The molecule has 16 heavy (non-hydrogen) atoms. The first-order valence-corrected chi connectivity index (χ1v) is 5.95. The quantitative estimate of drug-likeness (QED) is 0.543. The highest BCUT2D eigenvalue weighted by Crippen LogP contribution is 2.23. The predicted octanol–water partition coefficient (Wildman–Crippen LogP) is -0.371. The number of aliphatic hydroxyl groups is 1. The van der Waals surface area contributed by atoms with Crippen molar-refractivity contribution in [3.05, 3.63) is 0 Å². The van der Waals surface area contributed by atoms with Crippen LogP contribution in [0.5, 0.6) is 0 Å². The molecule has 1 rings (SSSR count). The lowest BCUT2D eigenvalue weighted by molar-refractivity contribution is -0.125. The minimum Gasteiger partial charge on any atom is -0.393 e. The number of ether oxygens (including phenoxy) is 1. The molecule has 0 radical (unpaired) electrons. The SMILES string of the molecule is NCCOCC(=O)NCC1CCC(O)CC1. The van der Waals surface area contributed by atoms with Crippen LogP contribution in [0.3, 0.4) is 0 Å². The average Bonchev–Trinajstić information content (AvgIpc) is 2.29. The Kier molecular flexibility index (Phi) is 6.37. The summed E-state index contributed by atoms with van der Waals surface area (Å²) in [6.45, 7) is 1.64.